The number of nitrogens with one attached hydrogen (secondary N) is 3. The Labute approximate surface area is 269 Å². The number of unbranched alkanes of at least 4 members (excludes halogenated alkanes) is 1. The molecule has 0 radical (unpaired) electrons. The summed E-state index contributed by atoms with van der Waals surface area (Å²) in [6.45, 7) is 1.19. The van der Waals surface area contributed by atoms with E-state index in [0.29, 0.717) is 35.5 Å². The third kappa shape index (κ3) is 8.15. The average Bonchev–Trinajstić information content (AvgIpc) is 3.86. The SMILES string of the molecule is O=C(NC(CCCCN[C@@H]1C[C@H]1c1cnc2ccccc2c1)C(=O)NCc1cccc(Cl)c1)c1ccc(-c2ccccc2)cc1. The summed E-state index contributed by atoms with van der Waals surface area (Å²) in [4.78, 5) is 31.2. The van der Waals surface area contributed by atoms with E-state index in [1.807, 2.05) is 85.1 Å². The fourth-order valence-corrected chi connectivity index (χ4v) is 5.97. The summed E-state index contributed by atoms with van der Waals surface area (Å²) >= 11 is 6.12. The quantitative estimate of drug-likeness (QED) is 0.121. The number of rotatable bonds is 13. The van der Waals surface area contributed by atoms with E-state index in [1.54, 1.807) is 18.2 Å². The van der Waals surface area contributed by atoms with E-state index in [-0.39, 0.29) is 11.8 Å². The maximum Gasteiger partial charge on any atom is 0.251 e. The molecule has 0 saturated heterocycles. The van der Waals surface area contributed by atoms with Crippen molar-refractivity contribution >= 4 is 34.3 Å². The van der Waals surface area contributed by atoms with Crippen LogP contribution in [-0.4, -0.2) is 35.4 Å². The third-order valence-corrected chi connectivity index (χ3v) is 8.62. The summed E-state index contributed by atoms with van der Waals surface area (Å²) in [6, 6.07) is 35.2. The van der Waals surface area contributed by atoms with Gasteiger partial charge in [-0.15, -0.1) is 0 Å². The molecule has 3 N–H and O–H groups in total. The first-order valence-corrected chi connectivity index (χ1v) is 16.0. The van der Waals surface area contributed by atoms with Crippen LogP contribution >= 0.6 is 11.6 Å². The first-order valence-electron chi connectivity index (χ1n) is 15.6. The first-order chi connectivity index (χ1) is 22.0. The molecule has 1 aromatic heterocycles. The number of nitrogens with zero attached hydrogens (tertiary/aromatic N) is 1. The lowest BCUT2D eigenvalue weighted by Crippen LogP contribution is -2.46. The van der Waals surface area contributed by atoms with Gasteiger partial charge in [-0.05, 0) is 90.9 Å². The zero-order valence-electron chi connectivity index (χ0n) is 25.1. The molecule has 6 rings (SSSR count). The highest BCUT2D eigenvalue weighted by Gasteiger charge is 2.38. The highest BCUT2D eigenvalue weighted by molar-refractivity contribution is 6.30. The molecule has 1 aliphatic rings. The van der Waals surface area contributed by atoms with Gasteiger partial charge in [0.05, 0.1) is 5.52 Å². The van der Waals surface area contributed by atoms with Crippen LogP contribution in [0.5, 0.6) is 0 Å². The Balaban J connectivity index is 1.02. The van der Waals surface area contributed by atoms with Crippen LogP contribution in [0.1, 0.15) is 53.1 Å². The number of carbonyl (C=O) groups excluding carboxylic acids is 2. The van der Waals surface area contributed by atoms with Crippen molar-refractivity contribution in [2.75, 3.05) is 6.54 Å². The van der Waals surface area contributed by atoms with Crippen molar-refractivity contribution in [2.45, 2.75) is 50.2 Å². The largest absolute Gasteiger partial charge is 0.350 e. The Morgan fingerprint density at radius 2 is 1.62 bits per heavy atom. The molecule has 6 nitrogen and oxygen atoms in total. The van der Waals surface area contributed by atoms with E-state index in [2.05, 4.69) is 33.1 Å². The molecular formula is C38H37ClN4O2. The van der Waals surface area contributed by atoms with E-state index in [0.717, 1.165) is 48.0 Å². The van der Waals surface area contributed by atoms with E-state index < -0.39 is 6.04 Å². The molecule has 1 saturated carbocycles. The Hall–Kier alpha value is -4.52. The topological polar surface area (TPSA) is 83.1 Å². The number of para-hydroxylation sites is 1. The number of carbonyl (C=O) groups is 2. The summed E-state index contributed by atoms with van der Waals surface area (Å²) in [7, 11) is 0. The van der Waals surface area contributed by atoms with Gasteiger partial charge in [-0.3, -0.25) is 14.6 Å². The Kier molecular flexibility index (Phi) is 9.83. The van der Waals surface area contributed by atoms with Gasteiger partial charge in [0.1, 0.15) is 6.04 Å². The van der Waals surface area contributed by atoms with Gasteiger partial charge in [0, 0.05) is 40.7 Å². The van der Waals surface area contributed by atoms with Gasteiger partial charge < -0.3 is 16.0 Å². The van der Waals surface area contributed by atoms with E-state index >= 15 is 0 Å². The van der Waals surface area contributed by atoms with Gasteiger partial charge in [-0.25, -0.2) is 0 Å². The van der Waals surface area contributed by atoms with E-state index in [9.17, 15) is 9.59 Å². The van der Waals surface area contributed by atoms with Gasteiger partial charge in [-0.2, -0.15) is 0 Å². The molecule has 1 unspecified atom stereocenters. The zero-order chi connectivity index (χ0) is 31.0. The highest BCUT2D eigenvalue weighted by Crippen LogP contribution is 2.41. The van der Waals surface area contributed by atoms with Crippen molar-refractivity contribution in [3.05, 3.63) is 137 Å². The van der Waals surface area contributed by atoms with Gasteiger partial charge in [0.2, 0.25) is 5.91 Å². The number of benzene rings is 4. The summed E-state index contributed by atoms with van der Waals surface area (Å²) < 4.78 is 0. The second-order valence-electron chi connectivity index (χ2n) is 11.7. The van der Waals surface area contributed by atoms with Crippen molar-refractivity contribution in [3.8, 4) is 11.1 Å². The van der Waals surface area contributed by atoms with Crippen molar-refractivity contribution in [1.82, 2.24) is 20.9 Å². The number of fused-ring (bicyclic) bond motifs is 1. The molecule has 1 heterocycles. The highest BCUT2D eigenvalue weighted by atomic mass is 35.5. The molecule has 228 valence electrons. The summed E-state index contributed by atoms with van der Waals surface area (Å²) in [6.07, 6.45) is 5.34. The van der Waals surface area contributed by atoms with Gasteiger partial charge in [0.25, 0.3) is 5.91 Å². The smallest absolute Gasteiger partial charge is 0.251 e. The lowest BCUT2D eigenvalue weighted by atomic mass is 10.0. The summed E-state index contributed by atoms with van der Waals surface area (Å²) in [5.41, 5.74) is 5.85. The molecule has 0 spiro atoms. The second kappa shape index (κ2) is 14.5. The van der Waals surface area contributed by atoms with Crippen molar-refractivity contribution in [1.29, 1.82) is 0 Å². The molecule has 5 aromatic rings. The minimum Gasteiger partial charge on any atom is -0.350 e. The second-order valence-corrected chi connectivity index (χ2v) is 12.1. The lowest BCUT2D eigenvalue weighted by molar-refractivity contribution is -0.123. The molecule has 0 aliphatic heterocycles. The van der Waals surface area contributed by atoms with Crippen LogP contribution in [0.3, 0.4) is 0 Å². The van der Waals surface area contributed by atoms with Crippen LogP contribution in [0, 0.1) is 0 Å². The van der Waals surface area contributed by atoms with Gasteiger partial charge in [0.15, 0.2) is 0 Å². The molecule has 2 amide bonds. The molecule has 7 heteroatoms. The fraction of sp³-hybridized carbons (Fsp3) is 0.237. The van der Waals surface area contributed by atoms with E-state index in [4.69, 9.17) is 11.6 Å². The van der Waals surface area contributed by atoms with Gasteiger partial charge in [-0.1, -0.05) is 84.4 Å². The number of amides is 2. The Morgan fingerprint density at radius 3 is 2.44 bits per heavy atom. The van der Waals surface area contributed by atoms with E-state index in [1.165, 1.54) is 10.9 Å². The normalized spacial score (nSPS) is 16.2. The lowest BCUT2D eigenvalue weighted by Gasteiger charge is -2.19. The zero-order valence-corrected chi connectivity index (χ0v) is 25.8. The summed E-state index contributed by atoms with van der Waals surface area (Å²) in [5.74, 6) is 0.0170. The molecule has 1 aliphatic carbocycles. The van der Waals surface area contributed by atoms with Gasteiger partial charge >= 0.3 is 0 Å². The van der Waals surface area contributed by atoms with Crippen molar-refractivity contribution < 1.29 is 9.59 Å². The molecule has 3 atom stereocenters. The Morgan fingerprint density at radius 1 is 0.844 bits per heavy atom. The molecule has 0 bridgehead atoms. The minimum atomic E-state index is -0.650. The maximum atomic E-state index is 13.3. The fourth-order valence-electron chi connectivity index (χ4n) is 5.76. The predicted octanol–water partition coefficient (Wildman–Crippen LogP) is 7.29. The molecule has 45 heavy (non-hydrogen) atoms. The number of aromatic nitrogens is 1. The van der Waals surface area contributed by atoms with Crippen LogP contribution in [0.25, 0.3) is 22.0 Å². The first kappa shape index (κ1) is 30.5. The third-order valence-electron chi connectivity index (χ3n) is 8.39. The maximum absolute atomic E-state index is 13.3. The number of hydrogen-bond donors (Lipinski definition) is 3. The van der Waals surface area contributed by atoms with Crippen LogP contribution in [-0.2, 0) is 11.3 Å². The molecular weight excluding hydrogens is 580 g/mol. The number of halogens is 1. The van der Waals surface area contributed by atoms with Crippen LogP contribution in [0.15, 0.2) is 115 Å². The summed E-state index contributed by atoms with van der Waals surface area (Å²) in [5, 5.41) is 11.4. The standard InChI is InChI=1S/C38H37ClN4O2/c39-32-13-8-9-26(21-32)24-42-38(45)35(43-37(44)29-18-16-28(17-19-29)27-10-2-1-3-11-27)15-6-7-20-40-36-23-33(36)31-22-30-12-4-5-14-34(30)41-25-31/h1-5,8-14,16-19,21-22,25,33,35-36,40H,6-7,15,20,23-24H2,(H,42,45)(H,43,44)/t33-,35?,36+/m0/s1. The van der Waals surface area contributed by atoms with Crippen molar-refractivity contribution in [2.24, 2.45) is 0 Å². The van der Waals surface area contributed by atoms with Crippen LogP contribution in [0.2, 0.25) is 5.02 Å². The Bertz CT molecular complexity index is 1760. The minimum absolute atomic E-state index is 0.205. The number of hydrogen-bond acceptors (Lipinski definition) is 4. The van der Waals surface area contributed by atoms with Crippen LogP contribution < -0.4 is 16.0 Å². The molecule has 1 fully saturated rings. The molecule has 4 aromatic carbocycles. The number of pyridine rings is 1. The predicted molar refractivity (Wildman–Crippen MR) is 181 cm³/mol. The van der Waals surface area contributed by atoms with Crippen LogP contribution in [0.4, 0.5) is 0 Å². The average molecular weight is 617 g/mol. The van der Waals surface area contributed by atoms with Crippen molar-refractivity contribution in [3.63, 3.8) is 0 Å². The monoisotopic (exact) mass is 616 g/mol.